The minimum Gasteiger partial charge on any atom is -0.385 e. The number of ether oxygens (including phenoxy) is 1. The zero-order valence-electron chi connectivity index (χ0n) is 13.4. The van der Waals surface area contributed by atoms with Crippen LogP contribution in [0.2, 0.25) is 0 Å². The fourth-order valence-electron chi connectivity index (χ4n) is 2.48. The van der Waals surface area contributed by atoms with Crippen LogP contribution in [0.15, 0.2) is 12.1 Å². The summed E-state index contributed by atoms with van der Waals surface area (Å²) in [6, 6.07) is 4.53. The van der Waals surface area contributed by atoms with Gasteiger partial charge in [0.05, 0.1) is 0 Å². The van der Waals surface area contributed by atoms with E-state index in [1.54, 1.807) is 7.11 Å². The Morgan fingerprint density at radius 1 is 1.11 bits per heavy atom. The zero-order valence-corrected chi connectivity index (χ0v) is 13.4. The van der Waals surface area contributed by atoms with Crippen molar-refractivity contribution in [3.8, 4) is 0 Å². The van der Waals surface area contributed by atoms with E-state index in [-0.39, 0.29) is 5.41 Å². The Kier molecular flexibility index (Phi) is 6.02. The third-order valence-electron chi connectivity index (χ3n) is 3.73. The van der Waals surface area contributed by atoms with Crippen LogP contribution in [0.5, 0.6) is 0 Å². The molecule has 0 heterocycles. The second-order valence-corrected chi connectivity index (χ2v) is 6.39. The standard InChI is InChI=1S/C17H29NO/c1-13-9-14(2)16(15(3)10-13)11-18-12-17(4,5)7-8-19-6/h9-10,18H,7-8,11-12H2,1-6H3. The molecular formula is C17H29NO. The lowest BCUT2D eigenvalue weighted by atomic mass is 9.89. The van der Waals surface area contributed by atoms with Crippen LogP contribution in [-0.4, -0.2) is 20.3 Å². The molecule has 0 aliphatic heterocycles. The van der Waals surface area contributed by atoms with E-state index < -0.39 is 0 Å². The lowest BCUT2D eigenvalue weighted by Crippen LogP contribution is -2.30. The van der Waals surface area contributed by atoms with Crippen molar-refractivity contribution in [3.63, 3.8) is 0 Å². The first kappa shape index (κ1) is 16.2. The summed E-state index contributed by atoms with van der Waals surface area (Å²) in [5.41, 5.74) is 5.84. The van der Waals surface area contributed by atoms with Crippen molar-refractivity contribution in [1.82, 2.24) is 5.32 Å². The molecule has 0 amide bonds. The normalized spacial score (nSPS) is 11.9. The first-order valence-electron chi connectivity index (χ1n) is 7.12. The molecule has 0 aliphatic carbocycles. The van der Waals surface area contributed by atoms with Gasteiger partial charge < -0.3 is 10.1 Å². The van der Waals surface area contributed by atoms with Crippen LogP contribution in [0.3, 0.4) is 0 Å². The van der Waals surface area contributed by atoms with Crippen LogP contribution < -0.4 is 5.32 Å². The maximum Gasteiger partial charge on any atom is 0.0467 e. The zero-order chi connectivity index (χ0) is 14.5. The predicted octanol–water partition coefficient (Wildman–Crippen LogP) is 3.76. The van der Waals surface area contributed by atoms with E-state index in [1.807, 2.05) is 0 Å². The molecule has 2 heteroatoms. The Hall–Kier alpha value is -0.860. The topological polar surface area (TPSA) is 21.3 Å². The molecular weight excluding hydrogens is 234 g/mol. The SMILES string of the molecule is COCCC(C)(C)CNCc1c(C)cc(C)cc1C. The summed E-state index contributed by atoms with van der Waals surface area (Å²) in [5.74, 6) is 0. The highest BCUT2D eigenvalue weighted by Crippen LogP contribution is 2.20. The van der Waals surface area contributed by atoms with Crippen molar-refractivity contribution < 1.29 is 4.74 Å². The molecule has 2 nitrogen and oxygen atoms in total. The van der Waals surface area contributed by atoms with Crippen molar-refractivity contribution in [3.05, 3.63) is 34.4 Å². The van der Waals surface area contributed by atoms with Crippen molar-refractivity contribution in [1.29, 1.82) is 0 Å². The fourth-order valence-corrected chi connectivity index (χ4v) is 2.48. The summed E-state index contributed by atoms with van der Waals surface area (Å²) < 4.78 is 5.17. The van der Waals surface area contributed by atoms with Crippen LogP contribution in [0.25, 0.3) is 0 Å². The molecule has 0 bridgehead atoms. The van der Waals surface area contributed by atoms with Crippen LogP contribution in [0.4, 0.5) is 0 Å². The van der Waals surface area contributed by atoms with Crippen LogP contribution in [0.1, 0.15) is 42.5 Å². The van der Waals surface area contributed by atoms with Gasteiger partial charge in [0.2, 0.25) is 0 Å². The molecule has 0 radical (unpaired) electrons. The van der Waals surface area contributed by atoms with Gasteiger partial charge in [0.15, 0.2) is 0 Å². The van der Waals surface area contributed by atoms with E-state index in [2.05, 4.69) is 52.1 Å². The third-order valence-corrected chi connectivity index (χ3v) is 3.73. The van der Waals surface area contributed by atoms with Crippen molar-refractivity contribution in [2.75, 3.05) is 20.3 Å². The Morgan fingerprint density at radius 2 is 1.68 bits per heavy atom. The minimum atomic E-state index is 0.280. The number of hydrogen-bond acceptors (Lipinski definition) is 2. The van der Waals surface area contributed by atoms with E-state index in [4.69, 9.17) is 4.74 Å². The highest BCUT2D eigenvalue weighted by atomic mass is 16.5. The van der Waals surface area contributed by atoms with E-state index in [9.17, 15) is 0 Å². The molecule has 0 saturated carbocycles. The maximum absolute atomic E-state index is 5.17. The van der Waals surface area contributed by atoms with Gasteiger partial charge in [-0.05, 0) is 49.3 Å². The Morgan fingerprint density at radius 3 is 2.21 bits per heavy atom. The van der Waals surface area contributed by atoms with Gasteiger partial charge in [0, 0.05) is 26.8 Å². The Balaban J connectivity index is 2.54. The van der Waals surface area contributed by atoms with Crippen molar-refractivity contribution in [2.24, 2.45) is 5.41 Å². The average molecular weight is 263 g/mol. The lowest BCUT2D eigenvalue weighted by molar-refractivity contribution is 0.150. The van der Waals surface area contributed by atoms with Crippen LogP contribution in [-0.2, 0) is 11.3 Å². The predicted molar refractivity (Wildman–Crippen MR) is 82.6 cm³/mol. The van der Waals surface area contributed by atoms with Crippen molar-refractivity contribution >= 4 is 0 Å². The van der Waals surface area contributed by atoms with Gasteiger partial charge >= 0.3 is 0 Å². The maximum atomic E-state index is 5.17. The van der Waals surface area contributed by atoms with Gasteiger partial charge in [0.1, 0.15) is 0 Å². The van der Waals surface area contributed by atoms with Gasteiger partial charge in [-0.15, -0.1) is 0 Å². The highest BCUT2D eigenvalue weighted by molar-refractivity contribution is 5.37. The third kappa shape index (κ3) is 5.33. The first-order chi connectivity index (χ1) is 8.85. The molecule has 1 N–H and O–H groups in total. The number of rotatable bonds is 7. The quantitative estimate of drug-likeness (QED) is 0.808. The highest BCUT2D eigenvalue weighted by Gasteiger charge is 2.17. The Labute approximate surface area is 118 Å². The second-order valence-electron chi connectivity index (χ2n) is 6.39. The molecule has 0 fully saturated rings. The average Bonchev–Trinajstić information content (AvgIpc) is 2.30. The van der Waals surface area contributed by atoms with E-state index in [1.165, 1.54) is 22.3 Å². The summed E-state index contributed by atoms with van der Waals surface area (Å²) in [6.45, 7) is 13.9. The molecule has 0 aliphatic rings. The molecule has 0 atom stereocenters. The number of nitrogens with one attached hydrogen (secondary N) is 1. The smallest absolute Gasteiger partial charge is 0.0467 e. The van der Waals surface area contributed by atoms with E-state index in [0.29, 0.717) is 0 Å². The molecule has 108 valence electrons. The number of aryl methyl sites for hydroxylation is 3. The first-order valence-corrected chi connectivity index (χ1v) is 7.12. The van der Waals surface area contributed by atoms with Crippen LogP contribution >= 0.6 is 0 Å². The monoisotopic (exact) mass is 263 g/mol. The molecule has 1 rings (SSSR count). The lowest BCUT2D eigenvalue weighted by Gasteiger charge is -2.25. The summed E-state index contributed by atoms with van der Waals surface area (Å²) in [4.78, 5) is 0. The molecule has 0 aromatic heterocycles. The number of benzene rings is 1. The second kappa shape index (κ2) is 7.06. The molecule has 0 unspecified atom stereocenters. The molecule has 0 spiro atoms. The number of hydrogen-bond donors (Lipinski definition) is 1. The van der Waals surface area contributed by atoms with Gasteiger partial charge in [-0.25, -0.2) is 0 Å². The van der Waals surface area contributed by atoms with E-state index >= 15 is 0 Å². The van der Waals surface area contributed by atoms with Gasteiger partial charge in [-0.2, -0.15) is 0 Å². The Bertz CT molecular complexity index is 387. The van der Waals surface area contributed by atoms with Crippen LogP contribution in [0, 0.1) is 26.2 Å². The largest absolute Gasteiger partial charge is 0.385 e. The summed E-state index contributed by atoms with van der Waals surface area (Å²) in [5, 5.41) is 3.60. The summed E-state index contributed by atoms with van der Waals surface area (Å²) >= 11 is 0. The molecule has 19 heavy (non-hydrogen) atoms. The summed E-state index contributed by atoms with van der Waals surface area (Å²) in [7, 11) is 1.77. The van der Waals surface area contributed by atoms with Crippen molar-refractivity contribution in [2.45, 2.75) is 47.6 Å². The van der Waals surface area contributed by atoms with E-state index in [0.717, 1.165) is 26.1 Å². The number of methoxy groups -OCH3 is 1. The minimum absolute atomic E-state index is 0.280. The molecule has 1 aromatic rings. The van der Waals surface area contributed by atoms with Gasteiger partial charge in [-0.3, -0.25) is 0 Å². The summed E-state index contributed by atoms with van der Waals surface area (Å²) in [6.07, 6.45) is 1.09. The molecule has 1 aromatic carbocycles. The fraction of sp³-hybridized carbons (Fsp3) is 0.647. The van der Waals surface area contributed by atoms with Gasteiger partial charge in [-0.1, -0.05) is 31.5 Å². The molecule has 0 saturated heterocycles. The van der Waals surface area contributed by atoms with Gasteiger partial charge in [0.25, 0.3) is 0 Å².